The van der Waals surface area contributed by atoms with Crippen molar-refractivity contribution < 1.29 is 4.74 Å². The van der Waals surface area contributed by atoms with Crippen molar-refractivity contribution in [1.29, 1.82) is 0 Å². The quantitative estimate of drug-likeness (QED) is 0.229. The zero-order chi connectivity index (χ0) is 23.9. The maximum absolute atomic E-state index is 5.71. The first-order valence-electron chi connectivity index (χ1n) is 12.3. The summed E-state index contributed by atoms with van der Waals surface area (Å²) in [6.45, 7) is 26.8. The molecule has 1 aromatic carbocycles. The Balaban J connectivity index is 0.000000842. The molecule has 1 rings (SSSR count). The number of anilines is 1. The highest BCUT2D eigenvalue weighted by molar-refractivity contribution is 7.74. The maximum atomic E-state index is 5.71. The fraction of sp³-hybridized carbons (Fsp3) is 0.840. The van der Waals surface area contributed by atoms with Gasteiger partial charge in [-0.15, -0.1) is 0 Å². The van der Waals surface area contributed by atoms with Gasteiger partial charge in [0.25, 0.3) is 0 Å². The smallest absolute Gasteiger partial charge is 0.0796 e. The topological polar surface area (TPSA) is 27.7 Å². The third-order valence-corrected chi connectivity index (χ3v) is 6.22. The molecule has 1 N–H and O–H groups in total. The second-order valence-corrected chi connectivity index (χ2v) is 9.88. The molecule has 0 saturated carbocycles. The summed E-state index contributed by atoms with van der Waals surface area (Å²) in [5.41, 5.74) is 2.29. The number of rotatable bonds is 15. The van der Waals surface area contributed by atoms with Gasteiger partial charge in [0.1, 0.15) is 0 Å². The second-order valence-electron chi connectivity index (χ2n) is 9.07. The van der Waals surface area contributed by atoms with Gasteiger partial charge < -0.3 is 19.9 Å². The van der Waals surface area contributed by atoms with E-state index in [1.165, 1.54) is 44.5 Å². The number of nitrogens with one attached hydrogen (secondary N) is 1. The molecule has 0 fully saturated rings. The molecule has 0 spiro atoms. The minimum Gasteiger partial charge on any atom is -0.381 e. The number of nitrogens with zero attached hydrogens (tertiary/aromatic N) is 2. The average molecular weight is 472 g/mol. The fourth-order valence-corrected chi connectivity index (χ4v) is 4.41. The molecule has 0 heterocycles. The Hall–Kier alpha value is -0.400. The Labute approximate surface area is 203 Å². The van der Waals surface area contributed by atoms with Gasteiger partial charge in [0.2, 0.25) is 0 Å². The predicted molar refractivity (Wildman–Crippen MR) is 144 cm³/mol. The van der Waals surface area contributed by atoms with Gasteiger partial charge in [-0.3, -0.25) is 0 Å². The molecule has 4 nitrogen and oxygen atoms in total. The number of ether oxygens (including phenoxy) is 1. The molecular formula is C25H49N3OS2. The van der Waals surface area contributed by atoms with Crippen molar-refractivity contribution in [1.82, 2.24) is 9.80 Å². The van der Waals surface area contributed by atoms with E-state index in [1.54, 1.807) is 0 Å². The molecule has 6 heteroatoms. The third kappa shape index (κ3) is 11.9. The summed E-state index contributed by atoms with van der Waals surface area (Å²) in [5.74, 6) is 0. The monoisotopic (exact) mass is 471 g/mol. The van der Waals surface area contributed by atoms with Crippen LogP contribution in [0.3, 0.4) is 0 Å². The van der Waals surface area contributed by atoms with Crippen molar-refractivity contribution in [3.63, 3.8) is 0 Å². The molecule has 0 aliphatic rings. The molecule has 0 bridgehead atoms. The molecular weight excluding hydrogens is 422 g/mol. The molecule has 0 saturated heterocycles. The lowest BCUT2D eigenvalue weighted by atomic mass is 9.83. The number of likely N-dealkylation sites (N-methyl/N-ethyl adjacent to an activating group) is 1. The predicted octanol–water partition coefficient (Wildman–Crippen LogP) is 6.61. The molecule has 0 radical (unpaired) electrons. The first-order chi connectivity index (χ1) is 14.7. The van der Waals surface area contributed by atoms with E-state index in [4.69, 9.17) is 29.2 Å². The van der Waals surface area contributed by atoms with Crippen molar-refractivity contribution in [2.75, 3.05) is 64.3 Å². The molecule has 0 aromatic heterocycles. The van der Waals surface area contributed by atoms with Crippen molar-refractivity contribution in [2.24, 2.45) is 0 Å². The molecule has 1 aromatic rings. The standard InChI is InChI=1S/C17H30N2OS2.C8H19N/c1-6-9-19(7-2)10-12-20-11-8-18-14-13(17(3,4)5)15(21)16(14)22;1-4-7-9(6-3)8-5-2/h18H,6-12H2,1-5H3;4-8H2,1-3H3. The average Bonchev–Trinajstić information content (AvgIpc) is 2.73. The van der Waals surface area contributed by atoms with Gasteiger partial charge in [0.15, 0.2) is 0 Å². The Morgan fingerprint density at radius 2 is 1.23 bits per heavy atom. The van der Waals surface area contributed by atoms with Gasteiger partial charge in [-0.1, -0.05) is 79.8 Å². The van der Waals surface area contributed by atoms with E-state index in [-0.39, 0.29) is 5.41 Å². The van der Waals surface area contributed by atoms with Crippen LogP contribution >= 0.6 is 24.4 Å². The van der Waals surface area contributed by atoms with Crippen LogP contribution in [0.25, 0.3) is 0 Å². The van der Waals surface area contributed by atoms with Crippen LogP contribution < -0.4 is 5.32 Å². The summed E-state index contributed by atoms with van der Waals surface area (Å²) in [4.78, 5) is 4.90. The fourth-order valence-electron chi connectivity index (χ4n) is 3.62. The lowest BCUT2D eigenvalue weighted by molar-refractivity contribution is 0.113. The SMILES string of the molecule is CCCN(CC)CCC.CCCN(CC)CCOCCNc1c(C(C)(C)C)c(=S)c1=S. The van der Waals surface area contributed by atoms with Crippen LogP contribution in [0.5, 0.6) is 0 Å². The Morgan fingerprint density at radius 1 is 0.742 bits per heavy atom. The van der Waals surface area contributed by atoms with Gasteiger partial charge in [-0.2, -0.15) is 0 Å². The molecule has 0 aliphatic carbocycles. The van der Waals surface area contributed by atoms with E-state index >= 15 is 0 Å². The summed E-state index contributed by atoms with van der Waals surface area (Å²) >= 11 is 10.7. The summed E-state index contributed by atoms with van der Waals surface area (Å²) in [5, 5.41) is 3.40. The zero-order valence-corrected chi connectivity index (χ0v) is 23.2. The highest BCUT2D eigenvalue weighted by Crippen LogP contribution is 2.36. The van der Waals surface area contributed by atoms with Crippen LogP contribution in [-0.4, -0.2) is 68.8 Å². The minimum atomic E-state index is 0.0460. The van der Waals surface area contributed by atoms with Crippen LogP contribution in [0.15, 0.2) is 0 Å². The summed E-state index contributed by atoms with van der Waals surface area (Å²) in [6.07, 6.45) is 3.76. The molecule has 0 unspecified atom stereocenters. The molecule has 0 atom stereocenters. The van der Waals surface area contributed by atoms with Gasteiger partial charge in [0.05, 0.1) is 27.9 Å². The maximum Gasteiger partial charge on any atom is 0.0796 e. The van der Waals surface area contributed by atoms with Gasteiger partial charge in [-0.05, 0) is 57.4 Å². The summed E-state index contributed by atoms with van der Waals surface area (Å²) in [7, 11) is 0. The normalized spacial score (nSPS) is 11.8. The second kappa shape index (κ2) is 17.1. The summed E-state index contributed by atoms with van der Waals surface area (Å²) in [6, 6.07) is 0. The highest BCUT2D eigenvalue weighted by atomic mass is 32.1. The Morgan fingerprint density at radius 3 is 1.65 bits per heavy atom. The Bertz CT molecular complexity index is 642. The van der Waals surface area contributed by atoms with Gasteiger partial charge >= 0.3 is 0 Å². The van der Waals surface area contributed by atoms with Gasteiger partial charge in [-0.25, -0.2) is 0 Å². The lowest BCUT2D eigenvalue weighted by Crippen LogP contribution is -2.28. The van der Waals surface area contributed by atoms with E-state index < -0.39 is 0 Å². The van der Waals surface area contributed by atoms with Crippen LogP contribution in [0.4, 0.5) is 5.69 Å². The molecule has 182 valence electrons. The minimum absolute atomic E-state index is 0.0460. The summed E-state index contributed by atoms with van der Waals surface area (Å²) < 4.78 is 7.37. The molecule has 0 aliphatic heterocycles. The van der Waals surface area contributed by atoms with Crippen LogP contribution in [-0.2, 0) is 10.2 Å². The highest BCUT2D eigenvalue weighted by Gasteiger charge is 2.25. The lowest BCUT2D eigenvalue weighted by Gasteiger charge is -2.27. The van der Waals surface area contributed by atoms with Crippen molar-refractivity contribution in [2.45, 2.75) is 80.1 Å². The van der Waals surface area contributed by atoms with Gasteiger partial charge in [0, 0.05) is 18.7 Å². The Kier molecular flexibility index (Phi) is 16.9. The van der Waals surface area contributed by atoms with Crippen molar-refractivity contribution in [3.05, 3.63) is 14.6 Å². The zero-order valence-electron chi connectivity index (χ0n) is 21.6. The molecule has 0 amide bonds. The van der Waals surface area contributed by atoms with Crippen LogP contribution in [0.2, 0.25) is 0 Å². The van der Waals surface area contributed by atoms with Crippen molar-refractivity contribution in [3.8, 4) is 0 Å². The van der Waals surface area contributed by atoms with E-state index in [2.05, 4.69) is 70.5 Å². The largest absolute Gasteiger partial charge is 0.381 e. The first-order valence-corrected chi connectivity index (χ1v) is 13.1. The van der Waals surface area contributed by atoms with Crippen LogP contribution in [0.1, 0.15) is 80.2 Å². The first kappa shape index (κ1) is 30.6. The number of hydrogen-bond donors (Lipinski definition) is 1. The van der Waals surface area contributed by atoms with E-state index in [0.29, 0.717) is 6.61 Å². The van der Waals surface area contributed by atoms with Crippen LogP contribution in [0, 0.1) is 9.02 Å². The van der Waals surface area contributed by atoms with Crippen molar-refractivity contribution >= 4 is 30.1 Å². The van der Waals surface area contributed by atoms with E-state index in [9.17, 15) is 0 Å². The van der Waals surface area contributed by atoms with E-state index in [1.807, 2.05) is 0 Å². The van der Waals surface area contributed by atoms with E-state index in [0.717, 1.165) is 47.5 Å². The molecule has 31 heavy (non-hydrogen) atoms. The third-order valence-electron chi connectivity index (χ3n) is 5.27. The number of hydrogen-bond acceptors (Lipinski definition) is 6.